The fourth-order valence-electron chi connectivity index (χ4n) is 4.96. The average molecular weight is 554 g/mol. The second-order valence-corrected chi connectivity index (χ2v) is 10.8. The van der Waals surface area contributed by atoms with Crippen LogP contribution in [0.4, 0.5) is 0 Å². The predicted octanol–water partition coefficient (Wildman–Crippen LogP) is 6.69. The van der Waals surface area contributed by atoms with Gasteiger partial charge < -0.3 is 15.0 Å². The third-order valence-electron chi connectivity index (χ3n) is 7.04. The second-order valence-electron chi connectivity index (χ2n) is 9.97. The summed E-state index contributed by atoms with van der Waals surface area (Å²) in [6, 6.07) is 20.1. The Hall–Kier alpha value is -3.02. The van der Waals surface area contributed by atoms with Crippen LogP contribution < -0.4 is 10.1 Å². The van der Waals surface area contributed by atoms with Crippen LogP contribution in [-0.4, -0.2) is 35.4 Å². The lowest BCUT2D eigenvalue weighted by Crippen LogP contribution is -2.53. The summed E-state index contributed by atoms with van der Waals surface area (Å²) < 4.78 is 5.96. The second kappa shape index (κ2) is 13.2. The molecule has 1 aliphatic rings. The Morgan fingerprint density at radius 2 is 1.66 bits per heavy atom. The zero-order chi connectivity index (χ0) is 27.1. The molecule has 0 aliphatic heterocycles. The van der Waals surface area contributed by atoms with Gasteiger partial charge in [0.15, 0.2) is 6.61 Å². The molecule has 38 heavy (non-hydrogen) atoms. The fraction of sp³-hybridized carbons (Fsp3) is 0.355. The van der Waals surface area contributed by atoms with Crippen molar-refractivity contribution in [1.82, 2.24) is 10.2 Å². The zero-order valence-electron chi connectivity index (χ0n) is 21.9. The Balaban J connectivity index is 1.66. The van der Waals surface area contributed by atoms with E-state index in [1.54, 1.807) is 23.1 Å². The van der Waals surface area contributed by atoms with Crippen molar-refractivity contribution in [2.75, 3.05) is 6.61 Å². The number of hydrogen-bond acceptors (Lipinski definition) is 3. The molecule has 0 heterocycles. The minimum absolute atomic E-state index is 0.0865. The Labute approximate surface area is 235 Å². The number of amides is 2. The number of benzene rings is 3. The summed E-state index contributed by atoms with van der Waals surface area (Å²) in [7, 11) is 0. The van der Waals surface area contributed by atoms with E-state index in [0.29, 0.717) is 27.8 Å². The maximum atomic E-state index is 13.8. The summed E-state index contributed by atoms with van der Waals surface area (Å²) >= 11 is 13.0. The van der Waals surface area contributed by atoms with Gasteiger partial charge in [-0.15, -0.1) is 0 Å². The van der Waals surface area contributed by atoms with Gasteiger partial charge in [-0.2, -0.15) is 0 Å². The molecule has 1 fully saturated rings. The lowest BCUT2D eigenvalue weighted by Gasteiger charge is -2.32. The van der Waals surface area contributed by atoms with Gasteiger partial charge in [0.1, 0.15) is 11.8 Å². The monoisotopic (exact) mass is 552 g/mol. The first-order chi connectivity index (χ1) is 18.3. The van der Waals surface area contributed by atoms with Gasteiger partial charge in [0.2, 0.25) is 5.91 Å². The van der Waals surface area contributed by atoms with E-state index < -0.39 is 6.04 Å². The van der Waals surface area contributed by atoms with E-state index in [0.717, 1.165) is 42.4 Å². The Bertz CT molecular complexity index is 1240. The van der Waals surface area contributed by atoms with Crippen LogP contribution in [0.15, 0.2) is 66.7 Å². The number of carbonyl (C=O) groups excluding carboxylic acids is 2. The van der Waals surface area contributed by atoms with Gasteiger partial charge >= 0.3 is 0 Å². The van der Waals surface area contributed by atoms with Crippen LogP contribution in [-0.2, 0) is 22.6 Å². The summed E-state index contributed by atoms with van der Waals surface area (Å²) in [4.78, 5) is 29.2. The summed E-state index contributed by atoms with van der Waals surface area (Å²) in [6.45, 7) is 3.83. The average Bonchev–Trinajstić information content (AvgIpc) is 3.40. The quantitative estimate of drug-likeness (QED) is 0.305. The van der Waals surface area contributed by atoms with Gasteiger partial charge in [0, 0.05) is 34.6 Å². The third-order valence-corrected chi connectivity index (χ3v) is 7.75. The van der Waals surface area contributed by atoms with Crippen LogP contribution in [0.5, 0.6) is 5.75 Å². The predicted molar refractivity (Wildman–Crippen MR) is 153 cm³/mol. The zero-order valence-corrected chi connectivity index (χ0v) is 23.4. The Morgan fingerprint density at radius 1 is 0.974 bits per heavy atom. The first kappa shape index (κ1) is 28.0. The first-order valence-electron chi connectivity index (χ1n) is 13.1. The highest BCUT2D eigenvalue weighted by Gasteiger charge is 2.33. The number of nitrogens with one attached hydrogen (secondary N) is 1. The van der Waals surface area contributed by atoms with Crippen LogP contribution in [0.2, 0.25) is 10.0 Å². The minimum Gasteiger partial charge on any atom is -0.483 e. The maximum Gasteiger partial charge on any atom is 0.261 e. The molecule has 7 heteroatoms. The molecule has 0 radical (unpaired) electrons. The van der Waals surface area contributed by atoms with Crippen molar-refractivity contribution in [2.24, 2.45) is 0 Å². The minimum atomic E-state index is -0.763. The SMILES string of the molecule is Cc1ccc(OCC(=O)N(Cc2c(Cl)cccc2Cl)[C@H](Cc2ccccc2)C(=O)NC2CCCC2)c(C)c1. The van der Waals surface area contributed by atoms with E-state index in [1.807, 2.05) is 62.4 Å². The van der Waals surface area contributed by atoms with Crippen molar-refractivity contribution in [1.29, 1.82) is 0 Å². The largest absolute Gasteiger partial charge is 0.483 e. The molecule has 0 saturated heterocycles. The van der Waals surface area contributed by atoms with E-state index in [1.165, 1.54) is 0 Å². The molecule has 200 valence electrons. The molecule has 0 unspecified atom stereocenters. The Kier molecular flexibility index (Phi) is 9.70. The molecule has 1 atom stereocenters. The molecule has 0 spiro atoms. The number of carbonyl (C=O) groups is 2. The maximum absolute atomic E-state index is 13.8. The molecule has 4 rings (SSSR count). The normalized spacial score (nSPS) is 14.2. The van der Waals surface area contributed by atoms with E-state index in [2.05, 4.69) is 5.32 Å². The van der Waals surface area contributed by atoms with Crippen LogP contribution in [0.3, 0.4) is 0 Å². The third kappa shape index (κ3) is 7.30. The molecular weight excluding hydrogens is 519 g/mol. The molecule has 3 aromatic carbocycles. The summed E-state index contributed by atoms with van der Waals surface area (Å²) in [6.07, 6.45) is 4.44. The van der Waals surface area contributed by atoms with Gasteiger partial charge in [-0.1, -0.05) is 90.1 Å². The summed E-state index contributed by atoms with van der Waals surface area (Å²) in [5.41, 5.74) is 3.61. The topological polar surface area (TPSA) is 58.6 Å². The standard InChI is InChI=1S/C31H34Cl2N2O3/c1-21-15-16-29(22(2)17-21)38-20-30(36)35(19-25-26(32)13-8-14-27(25)33)28(18-23-9-4-3-5-10-23)31(37)34-24-11-6-7-12-24/h3-5,8-10,13-17,24,28H,6-7,11-12,18-20H2,1-2H3,(H,34,37)/t28-/m1/s1. The highest BCUT2D eigenvalue weighted by molar-refractivity contribution is 6.36. The summed E-state index contributed by atoms with van der Waals surface area (Å²) in [5, 5.41) is 4.09. The van der Waals surface area contributed by atoms with Crippen molar-refractivity contribution in [2.45, 2.75) is 64.6 Å². The van der Waals surface area contributed by atoms with Gasteiger partial charge in [0.05, 0.1) is 0 Å². The molecule has 1 saturated carbocycles. The molecule has 2 amide bonds. The molecule has 0 bridgehead atoms. The number of nitrogens with zero attached hydrogens (tertiary/aromatic N) is 1. The highest BCUT2D eigenvalue weighted by atomic mass is 35.5. The number of ether oxygens (including phenoxy) is 1. The van der Waals surface area contributed by atoms with Crippen LogP contribution in [0, 0.1) is 13.8 Å². The lowest BCUT2D eigenvalue weighted by molar-refractivity contribution is -0.143. The van der Waals surface area contributed by atoms with Crippen molar-refractivity contribution in [3.63, 3.8) is 0 Å². The van der Waals surface area contributed by atoms with E-state index >= 15 is 0 Å². The first-order valence-corrected chi connectivity index (χ1v) is 13.8. The number of rotatable bonds is 10. The number of aryl methyl sites for hydroxylation is 2. The van der Waals surface area contributed by atoms with Gasteiger partial charge in [0.25, 0.3) is 5.91 Å². The molecule has 0 aromatic heterocycles. The smallest absolute Gasteiger partial charge is 0.261 e. The van der Waals surface area contributed by atoms with Gasteiger partial charge in [-0.05, 0) is 56.0 Å². The molecule has 5 nitrogen and oxygen atoms in total. The molecule has 1 N–H and O–H groups in total. The molecular formula is C31H34Cl2N2O3. The lowest BCUT2D eigenvalue weighted by atomic mass is 10.0. The summed E-state index contributed by atoms with van der Waals surface area (Å²) in [5.74, 6) is 0.141. The number of halogens is 2. The van der Waals surface area contributed by atoms with Gasteiger partial charge in [-0.3, -0.25) is 9.59 Å². The Morgan fingerprint density at radius 3 is 2.32 bits per heavy atom. The van der Waals surface area contributed by atoms with Crippen molar-refractivity contribution in [3.05, 3.63) is 99.0 Å². The van der Waals surface area contributed by atoms with Crippen LogP contribution in [0.1, 0.15) is 47.9 Å². The fourth-order valence-corrected chi connectivity index (χ4v) is 5.48. The van der Waals surface area contributed by atoms with E-state index in [4.69, 9.17) is 27.9 Å². The highest BCUT2D eigenvalue weighted by Crippen LogP contribution is 2.28. The van der Waals surface area contributed by atoms with Crippen LogP contribution >= 0.6 is 23.2 Å². The molecule has 1 aliphatic carbocycles. The van der Waals surface area contributed by atoms with Crippen molar-refractivity contribution < 1.29 is 14.3 Å². The molecule has 3 aromatic rings. The van der Waals surface area contributed by atoms with Crippen LogP contribution in [0.25, 0.3) is 0 Å². The number of hydrogen-bond donors (Lipinski definition) is 1. The van der Waals surface area contributed by atoms with E-state index in [9.17, 15) is 9.59 Å². The van der Waals surface area contributed by atoms with E-state index in [-0.39, 0.29) is 31.0 Å². The van der Waals surface area contributed by atoms with Gasteiger partial charge in [-0.25, -0.2) is 0 Å². The van der Waals surface area contributed by atoms with Crippen molar-refractivity contribution >= 4 is 35.0 Å². The van der Waals surface area contributed by atoms with Crippen molar-refractivity contribution in [3.8, 4) is 5.75 Å².